The van der Waals surface area contributed by atoms with E-state index in [4.69, 9.17) is 4.74 Å². The first-order valence-corrected chi connectivity index (χ1v) is 8.31. The second-order valence-electron chi connectivity index (χ2n) is 6.02. The molecule has 2 aromatic rings. The van der Waals surface area contributed by atoms with Crippen LogP contribution in [0.2, 0.25) is 0 Å². The van der Waals surface area contributed by atoms with Crippen LogP contribution in [0.15, 0.2) is 48.5 Å². The second kappa shape index (κ2) is 7.98. The summed E-state index contributed by atoms with van der Waals surface area (Å²) >= 11 is 0. The van der Waals surface area contributed by atoms with Gasteiger partial charge in [0.2, 0.25) is 5.91 Å². The summed E-state index contributed by atoms with van der Waals surface area (Å²) in [7, 11) is 1.66. The zero-order chi connectivity index (χ0) is 17.6. The van der Waals surface area contributed by atoms with Crippen molar-refractivity contribution in [2.75, 3.05) is 50.1 Å². The highest BCUT2D eigenvalue weighted by Crippen LogP contribution is 2.22. The first kappa shape index (κ1) is 17.2. The van der Waals surface area contributed by atoms with Crippen LogP contribution in [-0.2, 0) is 4.79 Å². The van der Waals surface area contributed by atoms with E-state index in [1.165, 1.54) is 12.1 Å². The van der Waals surface area contributed by atoms with E-state index in [1.807, 2.05) is 18.2 Å². The summed E-state index contributed by atoms with van der Waals surface area (Å²) in [5.74, 6) is 0.451. The lowest BCUT2D eigenvalue weighted by Gasteiger charge is -2.35. The fraction of sp³-hybridized carbons (Fsp3) is 0.316. The number of halogens is 1. The van der Waals surface area contributed by atoms with E-state index in [1.54, 1.807) is 19.2 Å². The number of nitrogens with one attached hydrogen (secondary N) is 1. The molecular weight excluding hydrogens is 321 g/mol. The summed E-state index contributed by atoms with van der Waals surface area (Å²) in [6.07, 6.45) is 0. The Morgan fingerprint density at radius 2 is 1.84 bits per heavy atom. The standard InChI is InChI=1S/C19H22FN3O2/c1-25-18-4-2-3-17(13-18)23-11-9-22(10-12-23)14-19(24)21-16-7-5-15(20)6-8-16/h2-8,13H,9-12,14H2,1H3,(H,21,24). The number of hydrogen-bond donors (Lipinski definition) is 1. The molecular formula is C19H22FN3O2. The molecule has 1 amide bonds. The van der Waals surface area contributed by atoms with Crippen LogP contribution in [0.5, 0.6) is 5.75 Å². The molecule has 5 nitrogen and oxygen atoms in total. The van der Waals surface area contributed by atoms with Gasteiger partial charge < -0.3 is 15.0 Å². The molecule has 0 bridgehead atoms. The minimum Gasteiger partial charge on any atom is -0.497 e. The maximum absolute atomic E-state index is 12.9. The Bertz CT molecular complexity index is 713. The average molecular weight is 343 g/mol. The van der Waals surface area contributed by atoms with Gasteiger partial charge >= 0.3 is 0 Å². The molecule has 0 aliphatic carbocycles. The summed E-state index contributed by atoms with van der Waals surface area (Å²) in [6, 6.07) is 13.8. The molecule has 1 saturated heterocycles. The summed E-state index contributed by atoms with van der Waals surface area (Å²) in [6.45, 7) is 3.68. The molecule has 6 heteroatoms. The summed E-state index contributed by atoms with van der Waals surface area (Å²) in [5.41, 5.74) is 1.75. The van der Waals surface area contributed by atoms with Crippen molar-refractivity contribution in [2.45, 2.75) is 0 Å². The van der Waals surface area contributed by atoms with Gasteiger partial charge in [0, 0.05) is 43.6 Å². The summed E-state index contributed by atoms with van der Waals surface area (Å²) < 4.78 is 18.2. The van der Waals surface area contributed by atoms with E-state index in [0.717, 1.165) is 37.6 Å². The lowest BCUT2D eigenvalue weighted by atomic mass is 10.2. The largest absolute Gasteiger partial charge is 0.497 e. The Morgan fingerprint density at radius 3 is 2.52 bits per heavy atom. The van der Waals surface area contributed by atoms with E-state index in [0.29, 0.717) is 12.2 Å². The highest BCUT2D eigenvalue weighted by Gasteiger charge is 2.19. The number of hydrogen-bond acceptors (Lipinski definition) is 4. The summed E-state index contributed by atoms with van der Waals surface area (Å²) in [5, 5.41) is 2.80. The van der Waals surface area contributed by atoms with Crippen molar-refractivity contribution in [3.63, 3.8) is 0 Å². The van der Waals surface area contributed by atoms with Gasteiger partial charge in [-0.25, -0.2) is 4.39 Å². The molecule has 0 saturated carbocycles. The van der Waals surface area contributed by atoms with E-state index in [-0.39, 0.29) is 11.7 Å². The maximum Gasteiger partial charge on any atom is 0.238 e. The molecule has 0 aromatic heterocycles. The monoisotopic (exact) mass is 343 g/mol. The molecule has 0 spiro atoms. The van der Waals surface area contributed by atoms with Crippen molar-refractivity contribution in [1.82, 2.24) is 4.90 Å². The lowest BCUT2D eigenvalue weighted by molar-refractivity contribution is -0.117. The third-order valence-corrected chi connectivity index (χ3v) is 4.29. The molecule has 25 heavy (non-hydrogen) atoms. The zero-order valence-corrected chi connectivity index (χ0v) is 14.2. The Hall–Kier alpha value is -2.60. The van der Waals surface area contributed by atoms with Gasteiger partial charge in [0.15, 0.2) is 0 Å². The maximum atomic E-state index is 12.9. The summed E-state index contributed by atoms with van der Waals surface area (Å²) in [4.78, 5) is 16.5. The van der Waals surface area contributed by atoms with Gasteiger partial charge in [-0.15, -0.1) is 0 Å². The lowest BCUT2D eigenvalue weighted by Crippen LogP contribution is -2.48. The predicted molar refractivity (Wildman–Crippen MR) is 96.7 cm³/mol. The molecule has 1 aliphatic rings. The number of ether oxygens (including phenoxy) is 1. The van der Waals surface area contributed by atoms with Gasteiger partial charge in [-0.1, -0.05) is 6.07 Å². The Balaban J connectivity index is 1.48. The van der Waals surface area contributed by atoms with Gasteiger partial charge in [-0.2, -0.15) is 0 Å². The SMILES string of the molecule is COc1cccc(N2CCN(CC(=O)Nc3ccc(F)cc3)CC2)c1. The average Bonchev–Trinajstić information content (AvgIpc) is 2.64. The van der Waals surface area contributed by atoms with Crippen LogP contribution in [0.3, 0.4) is 0 Å². The van der Waals surface area contributed by atoms with Crippen molar-refractivity contribution >= 4 is 17.3 Å². The third-order valence-electron chi connectivity index (χ3n) is 4.29. The molecule has 0 unspecified atom stereocenters. The van der Waals surface area contributed by atoms with Gasteiger partial charge in [0.1, 0.15) is 11.6 Å². The highest BCUT2D eigenvalue weighted by atomic mass is 19.1. The van der Waals surface area contributed by atoms with Crippen LogP contribution >= 0.6 is 0 Å². The Morgan fingerprint density at radius 1 is 1.12 bits per heavy atom. The number of benzene rings is 2. The van der Waals surface area contributed by atoms with Crippen molar-refractivity contribution in [1.29, 1.82) is 0 Å². The number of methoxy groups -OCH3 is 1. The van der Waals surface area contributed by atoms with E-state index < -0.39 is 0 Å². The number of nitrogens with zero attached hydrogens (tertiary/aromatic N) is 2. The van der Waals surface area contributed by atoms with Crippen molar-refractivity contribution in [3.8, 4) is 5.75 Å². The third kappa shape index (κ3) is 4.70. The van der Waals surface area contributed by atoms with Gasteiger partial charge in [-0.3, -0.25) is 9.69 Å². The number of anilines is 2. The number of rotatable bonds is 5. The number of carbonyl (C=O) groups is 1. The smallest absolute Gasteiger partial charge is 0.238 e. The molecule has 0 radical (unpaired) electrons. The van der Waals surface area contributed by atoms with E-state index >= 15 is 0 Å². The Kier molecular flexibility index (Phi) is 5.50. The zero-order valence-electron chi connectivity index (χ0n) is 14.2. The van der Waals surface area contributed by atoms with Gasteiger partial charge in [0.05, 0.1) is 13.7 Å². The molecule has 0 atom stereocenters. The van der Waals surface area contributed by atoms with Crippen molar-refractivity contribution in [2.24, 2.45) is 0 Å². The quantitative estimate of drug-likeness (QED) is 0.906. The fourth-order valence-electron chi connectivity index (χ4n) is 2.91. The molecule has 1 N–H and O–H groups in total. The fourth-order valence-corrected chi connectivity index (χ4v) is 2.91. The first-order chi connectivity index (χ1) is 12.1. The molecule has 132 valence electrons. The number of amides is 1. The van der Waals surface area contributed by atoms with E-state index in [9.17, 15) is 9.18 Å². The molecule has 2 aromatic carbocycles. The first-order valence-electron chi connectivity index (χ1n) is 8.31. The van der Waals surface area contributed by atoms with Crippen LogP contribution in [0.4, 0.5) is 15.8 Å². The molecule has 1 heterocycles. The van der Waals surface area contributed by atoms with Gasteiger partial charge in [0.25, 0.3) is 0 Å². The number of carbonyl (C=O) groups excluding carboxylic acids is 1. The van der Waals surface area contributed by atoms with Gasteiger partial charge in [-0.05, 0) is 36.4 Å². The number of piperazine rings is 1. The van der Waals surface area contributed by atoms with Crippen LogP contribution in [0.1, 0.15) is 0 Å². The van der Waals surface area contributed by atoms with Crippen molar-refractivity contribution in [3.05, 3.63) is 54.3 Å². The van der Waals surface area contributed by atoms with E-state index in [2.05, 4.69) is 21.2 Å². The minimum absolute atomic E-state index is 0.0820. The second-order valence-corrected chi connectivity index (χ2v) is 6.02. The Labute approximate surface area is 147 Å². The molecule has 3 rings (SSSR count). The van der Waals surface area contributed by atoms with Crippen LogP contribution in [0, 0.1) is 5.82 Å². The highest BCUT2D eigenvalue weighted by molar-refractivity contribution is 5.92. The predicted octanol–water partition coefficient (Wildman–Crippen LogP) is 2.60. The minimum atomic E-state index is -0.313. The van der Waals surface area contributed by atoms with Crippen LogP contribution < -0.4 is 15.0 Å². The molecule has 1 fully saturated rings. The van der Waals surface area contributed by atoms with Crippen molar-refractivity contribution < 1.29 is 13.9 Å². The van der Waals surface area contributed by atoms with Crippen LogP contribution in [-0.4, -0.2) is 50.6 Å². The normalized spacial score (nSPS) is 15.0. The topological polar surface area (TPSA) is 44.8 Å². The van der Waals surface area contributed by atoms with Crippen LogP contribution in [0.25, 0.3) is 0 Å². The molecule has 1 aliphatic heterocycles.